The van der Waals surface area contributed by atoms with Gasteiger partial charge in [-0.2, -0.15) is 4.31 Å². The second-order valence-corrected chi connectivity index (χ2v) is 12.3. The van der Waals surface area contributed by atoms with Crippen molar-refractivity contribution in [1.29, 1.82) is 0 Å². The Kier molecular flexibility index (Phi) is 7.42. The second-order valence-electron chi connectivity index (χ2n) is 8.38. The van der Waals surface area contributed by atoms with E-state index in [9.17, 15) is 21.6 Å². The van der Waals surface area contributed by atoms with Gasteiger partial charge in [-0.3, -0.25) is 4.79 Å². The minimum Gasteiger partial charge on any atom is -0.306 e. The Balaban J connectivity index is 1.93. The summed E-state index contributed by atoms with van der Waals surface area (Å²) in [4.78, 5) is 15.2. The van der Waals surface area contributed by atoms with Crippen LogP contribution >= 0.6 is 0 Å². The third kappa shape index (κ3) is 5.39. The third-order valence-corrected chi connectivity index (χ3v) is 8.59. The molecule has 0 radical (unpaired) electrons. The first-order chi connectivity index (χ1) is 15.0. The fraction of sp³-hybridized carbons (Fsp3) is 0.435. The van der Waals surface area contributed by atoms with Crippen molar-refractivity contribution in [1.82, 2.24) is 4.31 Å². The summed E-state index contributed by atoms with van der Waals surface area (Å²) in [6.45, 7) is 4.68. The predicted octanol–water partition coefficient (Wildman–Crippen LogP) is 3.71. The van der Waals surface area contributed by atoms with Crippen molar-refractivity contribution >= 4 is 31.5 Å². The molecule has 0 bridgehead atoms. The van der Waals surface area contributed by atoms with Gasteiger partial charge in [-0.1, -0.05) is 18.9 Å². The van der Waals surface area contributed by atoms with E-state index in [0.29, 0.717) is 18.8 Å². The van der Waals surface area contributed by atoms with Crippen LogP contribution < -0.4 is 4.90 Å². The molecule has 174 valence electrons. The highest BCUT2D eigenvalue weighted by molar-refractivity contribution is 7.90. The number of anilines is 1. The first-order valence-corrected chi connectivity index (χ1v) is 14.1. The molecule has 32 heavy (non-hydrogen) atoms. The van der Waals surface area contributed by atoms with Crippen molar-refractivity contribution < 1.29 is 21.6 Å². The molecule has 1 amide bonds. The molecule has 0 atom stereocenters. The number of sulfonamides is 1. The van der Waals surface area contributed by atoms with E-state index in [1.807, 2.05) is 13.8 Å². The van der Waals surface area contributed by atoms with Crippen molar-refractivity contribution in [3.05, 3.63) is 54.1 Å². The maximum Gasteiger partial charge on any atom is 0.258 e. The fourth-order valence-electron chi connectivity index (χ4n) is 3.86. The average Bonchev–Trinajstić information content (AvgIpc) is 3.03. The molecule has 9 heteroatoms. The lowest BCUT2D eigenvalue weighted by atomic mass is 10.1. The van der Waals surface area contributed by atoms with Gasteiger partial charge in [-0.05, 0) is 69.2 Å². The Morgan fingerprint density at radius 3 is 2.00 bits per heavy atom. The van der Waals surface area contributed by atoms with Crippen LogP contribution in [0.1, 0.15) is 49.9 Å². The topological polar surface area (TPSA) is 91.8 Å². The van der Waals surface area contributed by atoms with E-state index in [4.69, 9.17) is 0 Å². The Morgan fingerprint density at radius 2 is 1.47 bits per heavy atom. The molecule has 0 unspecified atom stereocenters. The number of benzene rings is 2. The van der Waals surface area contributed by atoms with E-state index >= 15 is 0 Å². The first kappa shape index (κ1) is 24.4. The molecule has 2 aromatic rings. The molecule has 2 aromatic carbocycles. The van der Waals surface area contributed by atoms with Crippen LogP contribution in [0.4, 0.5) is 5.69 Å². The van der Waals surface area contributed by atoms with Crippen LogP contribution in [0, 0.1) is 0 Å². The van der Waals surface area contributed by atoms with Crippen LogP contribution in [0.15, 0.2) is 58.3 Å². The molecule has 7 nitrogen and oxygen atoms in total. The molecule has 1 aliphatic rings. The van der Waals surface area contributed by atoms with Crippen LogP contribution in [0.5, 0.6) is 0 Å². The van der Waals surface area contributed by atoms with E-state index < -0.39 is 19.9 Å². The van der Waals surface area contributed by atoms with Crippen molar-refractivity contribution in [2.45, 2.75) is 55.4 Å². The zero-order chi connectivity index (χ0) is 23.5. The summed E-state index contributed by atoms with van der Waals surface area (Å²) in [7, 11) is -7.03. The number of nitrogens with zero attached hydrogens (tertiary/aromatic N) is 2. The Hall–Kier alpha value is -2.23. The smallest absolute Gasteiger partial charge is 0.258 e. The standard InChI is InChI=1S/C23H30N2O5S2/c1-18(2)25(20-11-13-21(14-12-20)31(3,27)28)23(26)19-9-8-10-22(17-19)32(29,30)24-15-6-4-5-7-16-24/h8-14,17-18H,4-7,15-16H2,1-3H3. The van der Waals surface area contributed by atoms with Crippen molar-refractivity contribution in [3.8, 4) is 0 Å². The molecule has 0 N–H and O–H groups in total. The summed E-state index contributed by atoms with van der Waals surface area (Å²) in [6.07, 6.45) is 4.84. The van der Waals surface area contributed by atoms with E-state index in [2.05, 4.69) is 0 Å². The summed E-state index contributed by atoms with van der Waals surface area (Å²) < 4.78 is 51.3. The van der Waals surface area contributed by atoms with Crippen molar-refractivity contribution in [2.24, 2.45) is 0 Å². The van der Waals surface area contributed by atoms with E-state index in [0.717, 1.165) is 31.9 Å². The number of hydrogen-bond acceptors (Lipinski definition) is 5. The van der Waals surface area contributed by atoms with Crippen LogP contribution in [-0.2, 0) is 19.9 Å². The van der Waals surface area contributed by atoms with Gasteiger partial charge in [0.25, 0.3) is 5.91 Å². The highest BCUT2D eigenvalue weighted by Gasteiger charge is 2.27. The lowest BCUT2D eigenvalue weighted by Crippen LogP contribution is -2.37. The molecule has 1 heterocycles. The van der Waals surface area contributed by atoms with Gasteiger partial charge >= 0.3 is 0 Å². The molecule has 1 saturated heterocycles. The van der Waals surface area contributed by atoms with Crippen LogP contribution in [0.3, 0.4) is 0 Å². The van der Waals surface area contributed by atoms with Crippen LogP contribution in [0.25, 0.3) is 0 Å². The summed E-state index contributed by atoms with van der Waals surface area (Å²) in [6, 6.07) is 12.0. The predicted molar refractivity (Wildman–Crippen MR) is 125 cm³/mol. The molecule has 0 saturated carbocycles. The molecule has 3 rings (SSSR count). The number of carbonyl (C=O) groups is 1. The minimum atomic E-state index is -3.68. The highest BCUT2D eigenvalue weighted by Crippen LogP contribution is 2.25. The number of carbonyl (C=O) groups excluding carboxylic acids is 1. The van der Waals surface area contributed by atoms with E-state index in [-0.39, 0.29) is 27.3 Å². The summed E-state index contributed by atoms with van der Waals surface area (Å²) in [5, 5.41) is 0. The monoisotopic (exact) mass is 478 g/mol. The van der Waals surface area contributed by atoms with Gasteiger partial charge in [0.1, 0.15) is 0 Å². The molecule has 0 aromatic heterocycles. The maximum absolute atomic E-state index is 13.4. The van der Waals surface area contributed by atoms with Gasteiger partial charge in [0.15, 0.2) is 9.84 Å². The van der Waals surface area contributed by atoms with Crippen molar-refractivity contribution in [3.63, 3.8) is 0 Å². The molecular weight excluding hydrogens is 448 g/mol. The van der Waals surface area contributed by atoms with Gasteiger partial charge in [-0.25, -0.2) is 16.8 Å². The second kappa shape index (κ2) is 9.72. The lowest BCUT2D eigenvalue weighted by molar-refractivity contribution is 0.0980. The van der Waals surface area contributed by atoms with E-state index in [1.54, 1.807) is 24.3 Å². The Bertz CT molecular complexity index is 1170. The summed E-state index contributed by atoms with van der Waals surface area (Å²) in [5.74, 6) is -0.347. The number of sulfone groups is 1. The van der Waals surface area contributed by atoms with Gasteiger partial charge in [0.05, 0.1) is 9.79 Å². The molecule has 0 aliphatic carbocycles. The zero-order valence-corrected chi connectivity index (χ0v) is 20.3. The van der Waals surface area contributed by atoms with Gasteiger partial charge in [0, 0.05) is 36.6 Å². The number of hydrogen-bond donors (Lipinski definition) is 0. The minimum absolute atomic E-state index is 0.112. The maximum atomic E-state index is 13.4. The number of amides is 1. The van der Waals surface area contributed by atoms with Gasteiger partial charge in [0.2, 0.25) is 10.0 Å². The van der Waals surface area contributed by atoms with E-state index in [1.165, 1.54) is 33.5 Å². The molecular formula is C23H30N2O5S2. The van der Waals surface area contributed by atoms with Crippen LogP contribution in [-0.4, -0.2) is 52.4 Å². The van der Waals surface area contributed by atoms with Gasteiger partial charge < -0.3 is 4.90 Å². The third-order valence-electron chi connectivity index (χ3n) is 5.56. The fourth-order valence-corrected chi connectivity index (χ4v) is 6.06. The Labute approximate surface area is 191 Å². The summed E-state index contributed by atoms with van der Waals surface area (Å²) >= 11 is 0. The average molecular weight is 479 g/mol. The zero-order valence-electron chi connectivity index (χ0n) is 18.7. The quantitative estimate of drug-likeness (QED) is 0.631. The van der Waals surface area contributed by atoms with Gasteiger partial charge in [-0.15, -0.1) is 0 Å². The summed E-state index contributed by atoms with van der Waals surface area (Å²) in [5.41, 5.74) is 0.806. The largest absolute Gasteiger partial charge is 0.306 e. The van der Waals surface area contributed by atoms with Crippen LogP contribution in [0.2, 0.25) is 0 Å². The van der Waals surface area contributed by atoms with Crippen molar-refractivity contribution in [2.75, 3.05) is 24.2 Å². The molecule has 1 fully saturated rings. The molecule has 1 aliphatic heterocycles. The first-order valence-electron chi connectivity index (χ1n) is 10.8. The number of rotatable bonds is 6. The normalized spacial score (nSPS) is 16.0. The molecule has 0 spiro atoms. The SMILES string of the molecule is CC(C)N(C(=O)c1cccc(S(=O)(=O)N2CCCCCC2)c1)c1ccc(S(C)(=O)=O)cc1. The lowest BCUT2D eigenvalue weighted by Gasteiger charge is -2.27. The highest BCUT2D eigenvalue weighted by atomic mass is 32.2. The Morgan fingerprint density at radius 1 is 0.875 bits per heavy atom.